The van der Waals surface area contributed by atoms with Crippen molar-refractivity contribution in [3.8, 4) is 0 Å². The molecule has 0 fully saturated rings. The number of carboxylic acids is 2. The zero-order valence-electron chi connectivity index (χ0n) is 15.9. The molecule has 0 spiro atoms. The Morgan fingerprint density at radius 2 is 1.44 bits per heavy atom. The van der Waals surface area contributed by atoms with E-state index in [0.29, 0.717) is 12.0 Å². The fourth-order valence-electron chi connectivity index (χ4n) is 1.41. The van der Waals surface area contributed by atoms with Gasteiger partial charge in [-0.15, -0.1) is 0 Å². The number of rotatable bonds is 5. The van der Waals surface area contributed by atoms with Gasteiger partial charge in [-0.3, -0.25) is 4.79 Å². The summed E-state index contributed by atoms with van der Waals surface area (Å²) < 4.78 is 0. The summed E-state index contributed by atoms with van der Waals surface area (Å²) in [6, 6.07) is 8.30. The molecule has 0 radical (unpaired) electrons. The van der Waals surface area contributed by atoms with Crippen LogP contribution in [0.1, 0.15) is 58.3 Å². The van der Waals surface area contributed by atoms with Gasteiger partial charge in [0.05, 0.1) is 23.2 Å². The number of aliphatic hydroxyl groups excluding tert-OH is 1. The van der Waals surface area contributed by atoms with Crippen LogP contribution < -0.4 is 0 Å². The average molecular weight is 356 g/mol. The van der Waals surface area contributed by atoms with Crippen LogP contribution >= 0.6 is 0 Å². The molecule has 2 unspecified atom stereocenters. The smallest absolute Gasteiger partial charge is 0.335 e. The number of aliphatic carboxylic acids is 1. The number of carboxylic acid groups (broad SMARTS) is 2. The van der Waals surface area contributed by atoms with Crippen LogP contribution in [0.15, 0.2) is 30.3 Å². The summed E-state index contributed by atoms with van der Waals surface area (Å²) in [4.78, 5) is 19.9. The van der Waals surface area contributed by atoms with Crippen LogP contribution in [0.5, 0.6) is 0 Å². The molecule has 0 aliphatic heterocycles. The predicted molar refractivity (Wildman–Crippen MR) is 97.6 cm³/mol. The van der Waals surface area contributed by atoms with Gasteiger partial charge in [-0.2, -0.15) is 0 Å². The topological polar surface area (TPSA) is 115 Å². The summed E-state index contributed by atoms with van der Waals surface area (Å²) >= 11 is 0. The number of benzene rings is 1. The summed E-state index contributed by atoms with van der Waals surface area (Å²) in [5.74, 6) is -1.91. The normalized spacial score (nSPS) is 12.8. The molecule has 0 aromatic heterocycles. The predicted octanol–water partition coefficient (Wildman–Crippen LogP) is 3.28. The maximum absolute atomic E-state index is 10.2. The van der Waals surface area contributed by atoms with Gasteiger partial charge in [0, 0.05) is 5.92 Å². The molecule has 0 aliphatic rings. The summed E-state index contributed by atoms with van der Waals surface area (Å²) in [6.45, 7) is 10.5. The molecule has 1 rings (SSSR count). The van der Waals surface area contributed by atoms with Gasteiger partial charge < -0.3 is 20.4 Å². The molecule has 1 aromatic rings. The van der Waals surface area contributed by atoms with E-state index in [2.05, 4.69) is 0 Å². The van der Waals surface area contributed by atoms with Gasteiger partial charge in [0.15, 0.2) is 0 Å². The fraction of sp³-hybridized carbons (Fsp3) is 0.579. The van der Waals surface area contributed by atoms with Crippen LogP contribution in [0.25, 0.3) is 0 Å². The Labute approximate surface area is 150 Å². The van der Waals surface area contributed by atoms with Gasteiger partial charge in [-0.1, -0.05) is 45.9 Å². The lowest BCUT2D eigenvalue weighted by Crippen LogP contribution is -2.36. The Hall–Kier alpha value is -1.92. The molecule has 0 saturated carbocycles. The van der Waals surface area contributed by atoms with Gasteiger partial charge in [-0.25, -0.2) is 4.79 Å². The van der Waals surface area contributed by atoms with Gasteiger partial charge in [0.1, 0.15) is 0 Å². The summed E-state index contributed by atoms with van der Waals surface area (Å²) in [5, 5.41) is 35.1. The van der Waals surface area contributed by atoms with Gasteiger partial charge in [0.2, 0.25) is 0 Å². The molecule has 0 heterocycles. The first kappa shape index (κ1) is 25.3. The highest BCUT2D eigenvalue weighted by Gasteiger charge is 2.27. The molecule has 6 nitrogen and oxygen atoms in total. The number of carbonyl (C=O) groups is 2. The van der Waals surface area contributed by atoms with Crippen LogP contribution in [0.4, 0.5) is 0 Å². The van der Waals surface area contributed by atoms with E-state index in [9.17, 15) is 19.8 Å². The third-order valence-electron chi connectivity index (χ3n) is 3.62. The van der Waals surface area contributed by atoms with Crippen LogP contribution in [0, 0.1) is 11.8 Å². The van der Waals surface area contributed by atoms with Crippen molar-refractivity contribution < 1.29 is 30.0 Å². The molecule has 144 valence electrons. The van der Waals surface area contributed by atoms with Crippen LogP contribution in [-0.4, -0.2) is 44.1 Å². The van der Waals surface area contributed by atoms with Crippen LogP contribution in [0.3, 0.4) is 0 Å². The lowest BCUT2D eigenvalue weighted by molar-refractivity contribution is -0.140. The van der Waals surface area contributed by atoms with E-state index in [1.807, 2.05) is 13.8 Å². The lowest BCUT2D eigenvalue weighted by atomic mass is 9.87. The molecule has 2 atom stereocenters. The molecule has 1 aromatic carbocycles. The third kappa shape index (κ3) is 13.1. The highest BCUT2D eigenvalue weighted by atomic mass is 16.4. The minimum Gasteiger partial charge on any atom is -0.481 e. The first-order valence-corrected chi connectivity index (χ1v) is 8.26. The molecule has 6 heteroatoms. The van der Waals surface area contributed by atoms with E-state index >= 15 is 0 Å². The maximum Gasteiger partial charge on any atom is 0.335 e. The Morgan fingerprint density at radius 1 is 1.04 bits per heavy atom. The number of hydrogen-bond acceptors (Lipinski definition) is 4. The molecule has 25 heavy (non-hydrogen) atoms. The van der Waals surface area contributed by atoms with Gasteiger partial charge in [0.25, 0.3) is 0 Å². The Bertz CT molecular complexity index is 490. The minimum atomic E-state index is -0.879. The highest BCUT2D eigenvalue weighted by Crippen LogP contribution is 2.20. The first-order valence-electron chi connectivity index (χ1n) is 8.26. The van der Waals surface area contributed by atoms with Crippen molar-refractivity contribution >= 4 is 11.9 Å². The van der Waals surface area contributed by atoms with Crippen LogP contribution in [-0.2, 0) is 4.79 Å². The fourth-order valence-corrected chi connectivity index (χ4v) is 1.41. The van der Waals surface area contributed by atoms with Crippen molar-refractivity contribution in [1.29, 1.82) is 0 Å². The number of aliphatic hydroxyl groups is 2. The zero-order valence-corrected chi connectivity index (χ0v) is 15.9. The minimum absolute atomic E-state index is 0.0579. The van der Waals surface area contributed by atoms with Crippen molar-refractivity contribution in [2.24, 2.45) is 11.8 Å². The van der Waals surface area contributed by atoms with Crippen molar-refractivity contribution in [2.45, 2.75) is 59.7 Å². The Kier molecular flexibility index (Phi) is 12.6. The molecule has 0 aliphatic carbocycles. The highest BCUT2D eigenvalue weighted by molar-refractivity contribution is 5.87. The van der Waals surface area contributed by atoms with E-state index in [1.165, 1.54) is 0 Å². The molecule has 0 saturated heterocycles. The van der Waals surface area contributed by atoms with Gasteiger partial charge >= 0.3 is 11.9 Å². The average Bonchev–Trinajstić information content (AvgIpc) is 2.54. The van der Waals surface area contributed by atoms with Crippen molar-refractivity contribution in [3.05, 3.63) is 35.9 Å². The largest absolute Gasteiger partial charge is 0.481 e. The molecular formula is C19H32O6. The zero-order chi connectivity index (χ0) is 20.2. The van der Waals surface area contributed by atoms with Crippen LogP contribution in [0.2, 0.25) is 0 Å². The van der Waals surface area contributed by atoms with Crippen molar-refractivity contribution in [1.82, 2.24) is 0 Å². The number of hydrogen-bond donors (Lipinski definition) is 4. The van der Waals surface area contributed by atoms with E-state index < -0.39 is 17.5 Å². The second-order valence-corrected chi connectivity index (χ2v) is 6.58. The molecule has 0 amide bonds. The second kappa shape index (κ2) is 12.4. The maximum atomic E-state index is 10.2. The van der Waals surface area contributed by atoms with E-state index in [-0.39, 0.29) is 17.9 Å². The first-order chi connectivity index (χ1) is 11.3. The summed E-state index contributed by atoms with van der Waals surface area (Å²) in [5.41, 5.74) is -0.437. The van der Waals surface area contributed by atoms with Crippen molar-refractivity contribution in [2.75, 3.05) is 0 Å². The standard InChI is InChI=1S/C8H18O2.C7H6O2.C4H8O2/c1-5-7(9)6(2)8(3,4)10;8-7(9)6-4-2-1-3-5-6;1-3(2)4(5)6/h6-7,9-10H,5H2,1-4H3;1-5H,(H,8,9);3H,1-2H3,(H,5,6). The van der Waals surface area contributed by atoms with E-state index in [0.717, 1.165) is 0 Å². The lowest BCUT2D eigenvalue weighted by Gasteiger charge is -2.29. The number of aromatic carboxylic acids is 1. The van der Waals surface area contributed by atoms with Gasteiger partial charge in [-0.05, 0) is 32.4 Å². The molecule has 0 bridgehead atoms. The Morgan fingerprint density at radius 3 is 1.60 bits per heavy atom. The molecular weight excluding hydrogens is 324 g/mol. The third-order valence-corrected chi connectivity index (χ3v) is 3.62. The van der Waals surface area contributed by atoms with Crippen molar-refractivity contribution in [3.63, 3.8) is 0 Å². The summed E-state index contributed by atoms with van der Waals surface area (Å²) in [7, 11) is 0. The summed E-state index contributed by atoms with van der Waals surface area (Å²) in [6.07, 6.45) is 0.311. The SMILES string of the molecule is CC(C)C(=O)O.CCC(O)C(C)C(C)(C)O.O=C(O)c1ccccc1. The monoisotopic (exact) mass is 356 g/mol. The van der Waals surface area contributed by atoms with E-state index in [1.54, 1.807) is 58.0 Å². The quantitative estimate of drug-likeness (QED) is 0.643. The Balaban J connectivity index is 0. The van der Waals surface area contributed by atoms with E-state index in [4.69, 9.17) is 10.2 Å². The second-order valence-electron chi connectivity index (χ2n) is 6.58. The molecule has 4 N–H and O–H groups in total.